The molecule has 0 aliphatic carbocycles. The standard InChI is InChI=1S/C16H23N3O2/c1-16(2,3)9-12(10-17)15-18-14(19-21-15)8-11-4-6-13(20)7-5-11/h4-7,12,20H,8-10,17H2,1-3H3. The number of hydrogen-bond acceptors (Lipinski definition) is 5. The van der Waals surface area contributed by atoms with Gasteiger partial charge < -0.3 is 15.4 Å². The Labute approximate surface area is 125 Å². The minimum atomic E-state index is 0.0890. The highest BCUT2D eigenvalue weighted by Gasteiger charge is 2.24. The Balaban J connectivity index is 2.08. The molecule has 0 saturated carbocycles. The molecule has 0 fully saturated rings. The van der Waals surface area contributed by atoms with Gasteiger partial charge in [-0.15, -0.1) is 0 Å². The molecule has 5 heteroatoms. The van der Waals surface area contributed by atoms with E-state index in [0.29, 0.717) is 24.7 Å². The molecule has 0 radical (unpaired) electrons. The van der Waals surface area contributed by atoms with Crippen molar-refractivity contribution in [1.29, 1.82) is 0 Å². The number of hydrogen-bond donors (Lipinski definition) is 2. The van der Waals surface area contributed by atoms with Crippen LogP contribution in [0.15, 0.2) is 28.8 Å². The molecule has 1 heterocycles. The lowest BCUT2D eigenvalue weighted by atomic mass is 9.84. The van der Waals surface area contributed by atoms with Crippen molar-refractivity contribution in [3.63, 3.8) is 0 Å². The Kier molecular flexibility index (Phi) is 4.63. The van der Waals surface area contributed by atoms with E-state index in [0.717, 1.165) is 12.0 Å². The Morgan fingerprint density at radius 3 is 2.48 bits per heavy atom. The predicted octanol–water partition coefficient (Wildman–Crippen LogP) is 2.84. The van der Waals surface area contributed by atoms with Crippen molar-refractivity contribution in [2.75, 3.05) is 6.54 Å². The summed E-state index contributed by atoms with van der Waals surface area (Å²) >= 11 is 0. The average Bonchev–Trinajstić information content (AvgIpc) is 2.86. The van der Waals surface area contributed by atoms with Gasteiger partial charge in [-0.25, -0.2) is 0 Å². The van der Waals surface area contributed by atoms with Gasteiger partial charge in [-0.1, -0.05) is 38.1 Å². The lowest BCUT2D eigenvalue weighted by Crippen LogP contribution is -2.19. The number of phenolic OH excluding ortho intramolecular Hbond substituents is 1. The molecule has 0 aliphatic heterocycles. The van der Waals surface area contributed by atoms with Crippen molar-refractivity contribution >= 4 is 0 Å². The normalized spacial score (nSPS) is 13.3. The molecule has 0 saturated heterocycles. The molecule has 0 bridgehead atoms. The zero-order valence-corrected chi connectivity index (χ0v) is 12.8. The molecule has 2 aromatic rings. The minimum absolute atomic E-state index is 0.0890. The molecule has 0 amide bonds. The highest BCUT2D eigenvalue weighted by molar-refractivity contribution is 5.27. The summed E-state index contributed by atoms with van der Waals surface area (Å²) in [6.45, 7) is 7.01. The third-order valence-corrected chi connectivity index (χ3v) is 3.27. The molecule has 114 valence electrons. The summed E-state index contributed by atoms with van der Waals surface area (Å²) in [6.07, 6.45) is 1.49. The lowest BCUT2D eigenvalue weighted by molar-refractivity contribution is 0.286. The number of phenols is 1. The first-order valence-corrected chi connectivity index (χ1v) is 7.18. The van der Waals surface area contributed by atoms with E-state index in [1.807, 2.05) is 12.1 Å². The van der Waals surface area contributed by atoms with Gasteiger partial charge in [-0.2, -0.15) is 4.98 Å². The third-order valence-electron chi connectivity index (χ3n) is 3.27. The summed E-state index contributed by atoms with van der Waals surface area (Å²) < 4.78 is 5.37. The van der Waals surface area contributed by atoms with Gasteiger partial charge in [0, 0.05) is 13.0 Å². The van der Waals surface area contributed by atoms with E-state index in [9.17, 15) is 5.11 Å². The minimum Gasteiger partial charge on any atom is -0.508 e. The Hall–Kier alpha value is -1.88. The van der Waals surface area contributed by atoms with E-state index >= 15 is 0 Å². The Morgan fingerprint density at radius 1 is 1.24 bits per heavy atom. The van der Waals surface area contributed by atoms with E-state index < -0.39 is 0 Å². The Morgan fingerprint density at radius 2 is 1.90 bits per heavy atom. The van der Waals surface area contributed by atoms with Gasteiger partial charge in [0.2, 0.25) is 5.89 Å². The number of aromatic hydroxyl groups is 1. The van der Waals surface area contributed by atoms with Crippen LogP contribution >= 0.6 is 0 Å². The fraction of sp³-hybridized carbons (Fsp3) is 0.500. The molecule has 0 aliphatic rings. The fourth-order valence-electron chi connectivity index (χ4n) is 2.31. The first-order chi connectivity index (χ1) is 9.87. The fourth-order valence-corrected chi connectivity index (χ4v) is 2.31. The maximum atomic E-state index is 9.28. The van der Waals surface area contributed by atoms with Gasteiger partial charge >= 0.3 is 0 Å². The van der Waals surface area contributed by atoms with E-state index in [1.54, 1.807) is 12.1 Å². The number of rotatable bonds is 5. The van der Waals surface area contributed by atoms with Crippen LogP contribution in [0.1, 0.15) is 50.4 Å². The van der Waals surface area contributed by atoms with Crippen molar-refractivity contribution in [1.82, 2.24) is 10.1 Å². The molecule has 1 atom stereocenters. The van der Waals surface area contributed by atoms with Crippen LogP contribution in [-0.2, 0) is 6.42 Å². The van der Waals surface area contributed by atoms with Crippen molar-refractivity contribution in [3.05, 3.63) is 41.5 Å². The van der Waals surface area contributed by atoms with Crippen LogP contribution in [0, 0.1) is 5.41 Å². The van der Waals surface area contributed by atoms with E-state index in [-0.39, 0.29) is 17.1 Å². The summed E-state index contributed by atoms with van der Waals surface area (Å²) in [6, 6.07) is 7.00. The van der Waals surface area contributed by atoms with Gasteiger partial charge in [0.1, 0.15) is 5.75 Å². The summed E-state index contributed by atoms with van der Waals surface area (Å²) in [4.78, 5) is 4.46. The SMILES string of the molecule is CC(C)(C)CC(CN)c1nc(Cc2ccc(O)cc2)no1. The van der Waals surface area contributed by atoms with E-state index in [4.69, 9.17) is 10.3 Å². The molecule has 2 rings (SSSR count). The molecule has 5 nitrogen and oxygen atoms in total. The van der Waals surface area contributed by atoms with E-state index in [2.05, 4.69) is 30.9 Å². The summed E-state index contributed by atoms with van der Waals surface area (Å²) in [5, 5.41) is 13.3. The molecule has 1 aromatic carbocycles. The molecule has 1 unspecified atom stereocenters. The summed E-state index contributed by atoms with van der Waals surface area (Å²) in [5.41, 5.74) is 7.03. The zero-order valence-electron chi connectivity index (χ0n) is 12.8. The molecule has 3 N–H and O–H groups in total. The summed E-state index contributed by atoms with van der Waals surface area (Å²) in [7, 11) is 0. The average molecular weight is 289 g/mol. The highest BCUT2D eigenvalue weighted by Crippen LogP contribution is 2.29. The van der Waals surface area contributed by atoms with Crippen LogP contribution in [0.4, 0.5) is 0 Å². The molecule has 0 spiro atoms. The second kappa shape index (κ2) is 6.26. The van der Waals surface area contributed by atoms with Crippen LogP contribution in [0.25, 0.3) is 0 Å². The van der Waals surface area contributed by atoms with Gasteiger partial charge in [0.05, 0.1) is 5.92 Å². The molecular weight excluding hydrogens is 266 g/mol. The lowest BCUT2D eigenvalue weighted by Gasteiger charge is -2.22. The second-order valence-corrected chi connectivity index (χ2v) is 6.59. The first-order valence-electron chi connectivity index (χ1n) is 7.18. The quantitative estimate of drug-likeness (QED) is 0.884. The first kappa shape index (κ1) is 15.5. The van der Waals surface area contributed by atoms with Crippen molar-refractivity contribution in [3.8, 4) is 5.75 Å². The largest absolute Gasteiger partial charge is 0.508 e. The van der Waals surface area contributed by atoms with Gasteiger partial charge in [-0.05, 0) is 29.5 Å². The maximum absolute atomic E-state index is 9.28. The van der Waals surface area contributed by atoms with Crippen LogP contribution in [0.3, 0.4) is 0 Å². The number of benzene rings is 1. The van der Waals surface area contributed by atoms with Crippen molar-refractivity contribution in [2.45, 2.75) is 39.5 Å². The molecular formula is C16H23N3O2. The second-order valence-electron chi connectivity index (χ2n) is 6.59. The van der Waals surface area contributed by atoms with E-state index in [1.165, 1.54) is 0 Å². The molecule has 21 heavy (non-hydrogen) atoms. The monoisotopic (exact) mass is 289 g/mol. The zero-order chi connectivity index (χ0) is 15.5. The smallest absolute Gasteiger partial charge is 0.231 e. The van der Waals surface area contributed by atoms with Crippen LogP contribution in [0.2, 0.25) is 0 Å². The molecule has 1 aromatic heterocycles. The third kappa shape index (κ3) is 4.56. The summed E-state index contributed by atoms with van der Waals surface area (Å²) in [5.74, 6) is 1.59. The maximum Gasteiger partial charge on any atom is 0.231 e. The van der Waals surface area contributed by atoms with Gasteiger partial charge in [-0.3, -0.25) is 0 Å². The Bertz CT molecular complexity index is 570. The predicted molar refractivity (Wildman–Crippen MR) is 81.1 cm³/mol. The van der Waals surface area contributed by atoms with Crippen LogP contribution < -0.4 is 5.73 Å². The number of aromatic nitrogens is 2. The topological polar surface area (TPSA) is 85.2 Å². The van der Waals surface area contributed by atoms with Crippen LogP contribution in [-0.4, -0.2) is 21.8 Å². The highest BCUT2D eigenvalue weighted by atomic mass is 16.5. The van der Waals surface area contributed by atoms with Gasteiger partial charge in [0.15, 0.2) is 5.82 Å². The van der Waals surface area contributed by atoms with Crippen molar-refractivity contribution < 1.29 is 9.63 Å². The van der Waals surface area contributed by atoms with Crippen LogP contribution in [0.5, 0.6) is 5.75 Å². The number of nitrogens with two attached hydrogens (primary N) is 1. The number of nitrogens with zero attached hydrogens (tertiary/aromatic N) is 2. The van der Waals surface area contributed by atoms with Crippen molar-refractivity contribution in [2.24, 2.45) is 11.1 Å². The van der Waals surface area contributed by atoms with Gasteiger partial charge in [0.25, 0.3) is 0 Å².